The maximum atomic E-state index is 12.6. The molecule has 0 aliphatic rings. The third-order valence-electron chi connectivity index (χ3n) is 3.58. The highest BCUT2D eigenvalue weighted by Crippen LogP contribution is 2.29. The van der Waals surface area contributed by atoms with E-state index in [0.717, 1.165) is 10.6 Å². The lowest BCUT2D eigenvalue weighted by atomic mass is 10.2. The molecule has 0 saturated carbocycles. The van der Waals surface area contributed by atoms with Crippen LogP contribution >= 0.6 is 22.9 Å². The third-order valence-corrected chi connectivity index (χ3v) is 5.03. The third kappa shape index (κ3) is 3.32. The molecule has 2 heterocycles. The molecule has 1 aromatic carbocycles. The Bertz CT molecular complexity index is 871. The molecule has 1 amide bonds. The Morgan fingerprint density at radius 2 is 2.04 bits per heavy atom. The minimum absolute atomic E-state index is 0.166. The fraction of sp³-hybridized carbons (Fsp3) is 0.250. The molecule has 0 radical (unpaired) electrons. The van der Waals surface area contributed by atoms with Crippen molar-refractivity contribution in [3.8, 4) is 10.6 Å². The second kappa shape index (κ2) is 6.70. The summed E-state index contributed by atoms with van der Waals surface area (Å²) in [5.74, 6) is 0.532. The van der Waals surface area contributed by atoms with Crippen LogP contribution in [0.15, 0.2) is 30.6 Å². The van der Waals surface area contributed by atoms with Crippen LogP contribution in [0.3, 0.4) is 0 Å². The fourth-order valence-corrected chi connectivity index (χ4v) is 3.43. The quantitative estimate of drug-likeness (QED) is 0.773. The Balaban J connectivity index is 1.80. The van der Waals surface area contributed by atoms with E-state index < -0.39 is 0 Å². The molecule has 0 aliphatic carbocycles. The summed E-state index contributed by atoms with van der Waals surface area (Å²) < 4.78 is 1.78. The Morgan fingerprint density at radius 3 is 2.67 bits per heavy atom. The standard InChI is InChI=1S/C16H16ClN5OS/c1-9-13(15(23)19-10(2)14-21-18-8-22(14)3)24-16(20-9)11-4-6-12(17)7-5-11/h4-8,10H,1-3H3,(H,19,23)/t10-/m0/s1. The SMILES string of the molecule is Cc1nc(-c2ccc(Cl)cc2)sc1C(=O)N[C@@H](C)c1nncn1C. The fourth-order valence-electron chi connectivity index (χ4n) is 2.33. The average Bonchev–Trinajstić information content (AvgIpc) is 3.14. The number of hydrogen-bond acceptors (Lipinski definition) is 5. The summed E-state index contributed by atoms with van der Waals surface area (Å²) in [4.78, 5) is 17.7. The number of carbonyl (C=O) groups is 1. The Morgan fingerprint density at radius 1 is 1.33 bits per heavy atom. The van der Waals surface area contributed by atoms with Crippen LogP contribution in [0.1, 0.15) is 34.2 Å². The molecule has 1 atom stereocenters. The molecule has 2 aromatic heterocycles. The van der Waals surface area contributed by atoms with Crippen molar-refractivity contribution in [3.63, 3.8) is 0 Å². The first-order chi connectivity index (χ1) is 11.5. The lowest BCUT2D eigenvalue weighted by Gasteiger charge is -2.12. The first-order valence-electron chi connectivity index (χ1n) is 7.34. The number of benzene rings is 1. The van der Waals surface area contributed by atoms with Gasteiger partial charge in [-0.3, -0.25) is 4.79 Å². The number of halogens is 1. The van der Waals surface area contributed by atoms with Gasteiger partial charge in [-0.05, 0) is 26.0 Å². The number of nitrogens with zero attached hydrogens (tertiary/aromatic N) is 4. The topological polar surface area (TPSA) is 72.7 Å². The summed E-state index contributed by atoms with van der Waals surface area (Å²) in [7, 11) is 1.84. The number of carbonyl (C=O) groups excluding carboxylic acids is 1. The first kappa shape index (κ1) is 16.6. The van der Waals surface area contributed by atoms with Crippen LogP contribution in [0.2, 0.25) is 5.02 Å². The number of rotatable bonds is 4. The van der Waals surface area contributed by atoms with Gasteiger partial charge in [-0.25, -0.2) is 4.98 Å². The Kier molecular flexibility index (Phi) is 4.64. The molecule has 1 N–H and O–H groups in total. The van der Waals surface area contributed by atoms with Crippen LogP contribution in [0.4, 0.5) is 0 Å². The van der Waals surface area contributed by atoms with Crippen molar-refractivity contribution in [1.82, 2.24) is 25.1 Å². The van der Waals surface area contributed by atoms with Gasteiger partial charge >= 0.3 is 0 Å². The highest BCUT2D eigenvalue weighted by Gasteiger charge is 2.20. The molecular formula is C16H16ClN5OS. The molecule has 0 fully saturated rings. The Labute approximate surface area is 148 Å². The number of aromatic nitrogens is 4. The van der Waals surface area contributed by atoms with Crippen LogP contribution in [0.25, 0.3) is 10.6 Å². The minimum Gasteiger partial charge on any atom is -0.342 e. The van der Waals surface area contributed by atoms with Gasteiger partial charge in [-0.2, -0.15) is 0 Å². The number of amides is 1. The first-order valence-corrected chi connectivity index (χ1v) is 8.53. The van der Waals surface area contributed by atoms with Gasteiger partial charge in [-0.1, -0.05) is 23.7 Å². The van der Waals surface area contributed by atoms with Crippen LogP contribution in [-0.2, 0) is 7.05 Å². The van der Waals surface area contributed by atoms with E-state index >= 15 is 0 Å². The summed E-state index contributed by atoms with van der Waals surface area (Å²) in [6.45, 7) is 3.70. The van der Waals surface area contributed by atoms with Gasteiger partial charge in [0.15, 0.2) is 5.82 Å². The molecule has 3 aromatic rings. The summed E-state index contributed by atoms with van der Waals surface area (Å²) in [5, 5.41) is 12.3. The predicted molar refractivity (Wildman–Crippen MR) is 94.2 cm³/mol. The maximum Gasteiger partial charge on any atom is 0.263 e. The van der Waals surface area contributed by atoms with E-state index in [1.807, 2.05) is 45.2 Å². The largest absolute Gasteiger partial charge is 0.342 e. The molecule has 0 aliphatic heterocycles. The van der Waals surface area contributed by atoms with E-state index in [9.17, 15) is 4.79 Å². The molecule has 0 unspecified atom stereocenters. The summed E-state index contributed by atoms with van der Waals surface area (Å²) in [6, 6.07) is 7.16. The van der Waals surface area contributed by atoms with Crippen molar-refractivity contribution in [1.29, 1.82) is 0 Å². The van der Waals surface area contributed by atoms with Crippen LogP contribution in [-0.4, -0.2) is 25.7 Å². The molecule has 0 bridgehead atoms. The van der Waals surface area contributed by atoms with Gasteiger partial charge in [0.1, 0.15) is 16.2 Å². The monoisotopic (exact) mass is 361 g/mol. The minimum atomic E-state index is -0.245. The molecule has 8 heteroatoms. The van der Waals surface area contributed by atoms with Gasteiger partial charge < -0.3 is 9.88 Å². The molecular weight excluding hydrogens is 346 g/mol. The predicted octanol–water partition coefficient (Wildman–Crippen LogP) is 3.39. The van der Waals surface area contributed by atoms with Gasteiger partial charge in [0, 0.05) is 17.6 Å². The van der Waals surface area contributed by atoms with E-state index in [0.29, 0.717) is 21.4 Å². The van der Waals surface area contributed by atoms with E-state index in [-0.39, 0.29) is 11.9 Å². The van der Waals surface area contributed by atoms with E-state index in [4.69, 9.17) is 11.6 Å². The number of thiazole rings is 1. The molecule has 0 saturated heterocycles. The highest BCUT2D eigenvalue weighted by molar-refractivity contribution is 7.17. The number of aryl methyl sites for hydroxylation is 2. The average molecular weight is 362 g/mol. The van der Waals surface area contributed by atoms with Crippen molar-refractivity contribution < 1.29 is 4.79 Å². The zero-order valence-corrected chi connectivity index (χ0v) is 15.0. The molecule has 3 rings (SSSR count). The van der Waals surface area contributed by atoms with Crippen LogP contribution in [0, 0.1) is 6.92 Å². The summed E-state index contributed by atoms with van der Waals surface area (Å²) in [6.07, 6.45) is 1.61. The molecule has 6 nitrogen and oxygen atoms in total. The van der Waals surface area contributed by atoms with Gasteiger partial charge in [-0.15, -0.1) is 21.5 Å². The van der Waals surface area contributed by atoms with Gasteiger partial charge in [0.05, 0.1) is 11.7 Å². The highest BCUT2D eigenvalue weighted by atomic mass is 35.5. The van der Waals surface area contributed by atoms with E-state index in [1.165, 1.54) is 11.3 Å². The normalized spacial score (nSPS) is 12.2. The van der Waals surface area contributed by atoms with Crippen molar-refractivity contribution in [2.45, 2.75) is 19.9 Å². The number of hydrogen-bond donors (Lipinski definition) is 1. The van der Waals surface area contributed by atoms with E-state index in [1.54, 1.807) is 10.9 Å². The maximum absolute atomic E-state index is 12.6. The van der Waals surface area contributed by atoms with Gasteiger partial charge in [0.2, 0.25) is 0 Å². The smallest absolute Gasteiger partial charge is 0.263 e. The summed E-state index contributed by atoms with van der Waals surface area (Å²) >= 11 is 7.27. The second-order valence-corrected chi connectivity index (χ2v) is 6.87. The van der Waals surface area contributed by atoms with Crippen LogP contribution in [0.5, 0.6) is 0 Å². The lowest BCUT2D eigenvalue weighted by Crippen LogP contribution is -2.28. The molecule has 24 heavy (non-hydrogen) atoms. The molecule has 0 spiro atoms. The van der Waals surface area contributed by atoms with Gasteiger partial charge in [0.25, 0.3) is 5.91 Å². The second-order valence-electron chi connectivity index (χ2n) is 5.44. The Hall–Kier alpha value is -2.25. The van der Waals surface area contributed by atoms with Crippen LogP contribution < -0.4 is 5.32 Å². The van der Waals surface area contributed by atoms with Crippen molar-refractivity contribution in [2.75, 3.05) is 0 Å². The van der Waals surface area contributed by atoms with Crippen molar-refractivity contribution >= 4 is 28.8 Å². The zero-order chi connectivity index (χ0) is 17.3. The summed E-state index contributed by atoms with van der Waals surface area (Å²) in [5.41, 5.74) is 1.64. The lowest BCUT2D eigenvalue weighted by molar-refractivity contribution is 0.0941. The molecule has 124 valence electrons. The van der Waals surface area contributed by atoms with E-state index in [2.05, 4.69) is 20.5 Å². The number of nitrogens with one attached hydrogen (secondary N) is 1. The van der Waals surface area contributed by atoms with Crippen molar-refractivity contribution in [2.24, 2.45) is 7.05 Å². The van der Waals surface area contributed by atoms with Crippen molar-refractivity contribution in [3.05, 3.63) is 52.0 Å². The zero-order valence-electron chi connectivity index (χ0n) is 13.4.